The molecule has 3 nitrogen and oxygen atoms in total. The van der Waals surface area contributed by atoms with Crippen molar-refractivity contribution in [1.29, 1.82) is 0 Å². The maximum atomic E-state index is 12.5. The maximum Gasteiger partial charge on any atom is 0.416 e. The molecule has 0 radical (unpaired) electrons. The zero-order valence-electron chi connectivity index (χ0n) is 11.4. The van der Waals surface area contributed by atoms with Gasteiger partial charge in [-0.1, -0.05) is 23.2 Å². The number of hydrogen-bond acceptors (Lipinski definition) is 2. The molecule has 0 bridgehead atoms. The van der Waals surface area contributed by atoms with Crippen molar-refractivity contribution in [3.63, 3.8) is 0 Å². The van der Waals surface area contributed by atoms with Gasteiger partial charge in [0.1, 0.15) is 0 Å². The quantitative estimate of drug-likeness (QED) is 0.845. The first-order valence-electron chi connectivity index (χ1n) is 6.20. The number of halogens is 5. The van der Waals surface area contributed by atoms with Crippen LogP contribution < -0.4 is 4.72 Å². The zero-order valence-corrected chi connectivity index (χ0v) is 13.7. The van der Waals surface area contributed by atoms with Crippen LogP contribution >= 0.6 is 23.2 Å². The Morgan fingerprint density at radius 3 is 1.96 bits per heavy atom. The highest BCUT2D eigenvalue weighted by Crippen LogP contribution is 2.29. The van der Waals surface area contributed by atoms with Crippen molar-refractivity contribution < 1.29 is 21.6 Å². The highest BCUT2D eigenvalue weighted by atomic mass is 35.5. The van der Waals surface area contributed by atoms with Gasteiger partial charge >= 0.3 is 6.18 Å². The van der Waals surface area contributed by atoms with Gasteiger partial charge in [-0.3, -0.25) is 0 Å². The molecule has 9 heteroatoms. The molecule has 0 spiro atoms. The van der Waals surface area contributed by atoms with Gasteiger partial charge in [0.25, 0.3) is 0 Å². The summed E-state index contributed by atoms with van der Waals surface area (Å²) in [5.74, 6) is 0. The summed E-state index contributed by atoms with van der Waals surface area (Å²) in [6, 6.07) is 7.78. The third-order valence-electron chi connectivity index (χ3n) is 2.88. The zero-order chi connectivity index (χ0) is 17.3. The molecular formula is C14H10Cl2F3NO2S. The first-order chi connectivity index (χ1) is 10.6. The number of alkyl halides is 3. The Labute approximate surface area is 141 Å². The topological polar surface area (TPSA) is 46.2 Å². The van der Waals surface area contributed by atoms with Gasteiger partial charge in [-0.25, -0.2) is 13.1 Å². The molecule has 124 valence electrons. The molecule has 0 aromatic heterocycles. The van der Waals surface area contributed by atoms with E-state index < -0.39 is 21.8 Å². The van der Waals surface area contributed by atoms with E-state index in [1.165, 1.54) is 18.2 Å². The average molecular weight is 384 g/mol. The summed E-state index contributed by atoms with van der Waals surface area (Å²) >= 11 is 11.6. The van der Waals surface area contributed by atoms with E-state index in [4.69, 9.17) is 23.2 Å². The Morgan fingerprint density at radius 2 is 1.48 bits per heavy atom. The van der Waals surface area contributed by atoms with E-state index in [9.17, 15) is 21.6 Å². The summed E-state index contributed by atoms with van der Waals surface area (Å²) < 4.78 is 63.8. The van der Waals surface area contributed by atoms with E-state index in [1.54, 1.807) is 0 Å². The lowest BCUT2D eigenvalue weighted by Gasteiger charge is -2.10. The number of hydrogen-bond donors (Lipinski definition) is 1. The third-order valence-corrected chi connectivity index (χ3v) is 4.73. The minimum Gasteiger partial charge on any atom is -0.207 e. The van der Waals surface area contributed by atoms with Gasteiger partial charge in [0.05, 0.1) is 10.5 Å². The van der Waals surface area contributed by atoms with E-state index in [2.05, 4.69) is 4.72 Å². The van der Waals surface area contributed by atoms with Gasteiger partial charge < -0.3 is 0 Å². The minimum absolute atomic E-state index is 0.0936. The van der Waals surface area contributed by atoms with Crippen molar-refractivity contribution in [3.8, 4) is 0 Å². The van der Waals surface area contributed by atoms with Crippen molar-refractivity contribution in [2.45, 2.75) is 17.6 Å². The van der Waals surface area contributed by atoms with E-state index in [0.717, 1.165) is 12.1 Å². The molecule has 0 aliphatic carbocycles. The van der Waals surface area contributed by atoms with Crippen LogP contribution in [0, 0.1) is 0 Å². The van der Waals surface area contributed by atoms with Gasteiger partial charge in [-0.05, 0) is 48.0 Å². The number of rotatable bonds is 4. The molecule has 0 unspecified atom stereocenters. The molecule has 0 heterocycles. The molecule has 2 aromatic carbocycles. The molecule has 0 aliphatic rings. The first-order valence-corrected chi connectivity index (χ1v) is 8.44. The van der Waals surface area contributed by atoms with Crippen LogP contribution in [0.1, 0.15) is 11.1 Å². The molecular weight excluding hydrogens is 374 g/mol. The lowest BCUT2D eigenvalue weighted by Crippen LogP contribution is -2.23. The molecule has 2 rings (SSSR count). The first kappa shape index (κ1) is 18.1. The van der Waals surface area contributed by atoms with Gasteiger partial charge in [0.2, 0.25) is 10.0 Å². The highest BCUT2D eigenvalue weighted by Gasteiger charge is 2.30. The van der Waals surface area contributed by atoms with Crippen molar-refractivity contribution >= 4 is 33.2 Å². The molecule has 0 amide bonds. The molecule has 23 heavy (non-hydrogen) atoms. The Balaban J connectivity index is 2.15. The Morgan fingerprint density at radius 1 is 0.957 bits per heavy atom. The van der Waals surface area contributed by atoms with Crippen LogP contribution in [-0.4, -0.2) is 8.42 Å². The summed E-state index contributed by atoms with van der Waals surface area (Å²) in [6.07, 6.45) is -4.52. The Kier molecular flexibility index (Phi) is 5.25. The van der Waals surface area contributed by atoms with Crippen LogP contribution in [0.4, 0.5) is 13.2 Å². The second-order valence-corrected chi connectivity index (χ2v) is 7.26. The fourth-order valence-corrected chi connectivity index (χ4v) is 3.39. The summed E-state index contributed by atoms with van der Waals surface area (Å²) in [4.78, 5) is -0.265. The third kappa shape index (κ3) is 4.84. The summed E-state index contributed by atoms with van der Waals surface area (Å²) in [7, 11) is -3.95. The normalized spacial score (nSPS) is 12.4. The molecule has 0 saturated carbocycles. The molecule has 0 atom stereocenters. The summed E-state index contributed by atoms with van der Waals surface area (Å²) in [5.41, 5.74) is -0.393. The largest absolute Gasteiger partial charge is 0.416 e. The van der Waals surface area contributed by atoms with E-state index in [0.29, 0.717) is 27.7 Å². The lowest BCUT2D eigenvalue weighted by atomic mass is 10.2. The fourth-order valence-electron chi connectivity index (χ4n) is 1.80. The summed E-state index contributed by atoms with van der Waals surface area (Å²) in [6.45, 7) is -0.0936. The average Bonchev–Trinajstić information content (AvgIpc) is 2.43. The predicted octanol–water partition coefficient (Wildman–Crippen LogP) is 4.49. The van der Waals surface area contributed by atoms with Gasteiger partial charge in [-0.15, -0.1) is 0 Å². The Hall–Kier alpha value is -1.28. The van der Waals surface area contributed by atoms with Gasteiger partial charge in [-0.2, -0.15) is 13.2 Å². The van der Waals surface area contributed by atoms with Crippen LogP contribution in [-0.2, 0) is 22.7 Å². The second kappa shape index (κ2) is 6.68. The van der Waals surface area contributed by atoms with Crippen molar-refractivity contribution in [1.82, 2.24) is 4.72 Å². The smallest absolute Gasteiger partial charge is 0.207 e. The number of nitrogens with one attached hydrogen (secondary N) is 1. The standard InChI is InChI=1S/C14H10Cl2F3NO2S/c15-11-5-9(6-12(16)7-11)8-20-23(21,22)13-3-1-10(2-4-13)14(17,18)19/h1-7,20H,8H2. The van der Waals surface area contributed by atoms with Crippen molar-refractivity contribution in [2.24, 2.45) is 0 Å². The van der Waals surface area contributed by atoms with Crippen molar-refractivity contribution in [3.05, 3.63) is 63.6 Å². The van der Waals surface area contributed by atoms with Crippen LogP contribution in [0.3, 0.4) is 0 Å². The monoisotopic (exact) mass is 383 g/mol. The van der Waals surface area contributed by atoms with Crippen LogP contribution in [0.5, 0.6) is 0 Å². The SMILES string of the molecule is O=S(=O)(NCc1cc(Cl)cc(Cl)c1)c1ccc(C(F)(F)F)cc1. The molecule has 0 fully saturated rings. The highest BCUT2D eigenvalue weighted by molar-refractivity contribution is 7.89. The van der Waals surface area contributed by atoms with E-state index in [1.807, 2.05) is 0 Å². The number of benzene rings is 2. The summed E-state index contributed by atoms with van der Waals surface area (Å²) in [5, 5.41) is 0.697. The molecule has 2 aromatic rings. The molecule has 0 aliphatic heterocycles. The van der Waals surface area contributed by atoms with Gasteiger partial charge in [0.15, 0.2) is 0 Å². The van der Waals surface area contributed by atoms with Gasteiger partial charge in [0, 0.05) is 16.6 Å². The Bertz CT molecular complexity index is 786. The van der Waals surface area contributed by atoms with Crippen LogP contribution in [0.25, 0.3) is 0 Å². The molecule has 1 N–H and O–H groups in total. The lowest BCUT2D eigenvalue weighted by molar-refractivity contribution is -0.137. The van der Waals surface area contributed by atoms with Crippen molar-refractivity contribution in [2.75, 3.05) is 0 Å². The van der Waals surface area contributed by atoms with E-state index >= 15 is 0 Å². The second-order valence-electron chi connectivity index (χ2n) is 4.62. The van der Waals surface area contributed by atoms with E-state index in [-0.39, 0.29) is 11.4 Å². The fraction of sp³-hybridized carbons (Fsp3) is 0.143. The molecule has 0 saturated heterocycles. The predicted molar refractivity (Wildman–Crippen MR) is 81.9 cm³/mol. The van der Waals surface area contributed by atoms with Crippen LogP contribution in [0.2, 0.25) is 10.0 Å². The minimum atomic E-state index is -4.52. The maximum absolute atomic E-state index is 12.5. The number of sulfonamides is 1. The van der Waals surface area contributed by atoms with Crippen LogP contribution in [0.15, 0.2) is 47.4 Å².